The van der Waals surface area contributed by atoms with Gasteiger partial charge in [-0.05, 0) is 12.8 Å². The quantitative estimate of drug-likeness (QED) is 0.103. The van der Waals surface area contributed by atoms with Crippen molar-refractivity contribution in [3.8, 4) is 0 Å². The minimum absolute atomic E-state index is 0.408. The van der Waals surface area contributed by atoms with Crippen LogP contribution in [0.15, 0.2) is 0 Å². The molecule has 2 fully saturated rings. The summed E-state index contributed by atoms with van der Waals surface area (Å²) in [5, 5.41) is 76.4. The second-order valence-corrected chi connectivity index (χ2v) is 10.7. The highest BCUT2D eigenvalue weighted by Gasteiger charge is 2.45. The minimum atomic E-state index is -1.33. The molecule has 0 spiro atoms. The van der Waals surface area contributed by atoms with Crippen molar-refractivity contribution < 1.29 is 59.8 Å². The Morgan fingerprint density at radius 2 is 0.800 bits per heavy atom. The van der Waals surface area contributed by atoms with Gasteiger partial charge in [-0.25, -0.2) is 0 Å². The SMILES string of the molecule is CCCCCCCCO[C@@H]1[C@@H](O)[C@H](O)[C@@H](CO)O[C@@H]1O.CCCCCCCCO[C@@H]1[C@@H](O)[C@H](O)[C@@H](CO)O[C@H]1O. The van der Waals surface area contributed by atoms with Gasteiger partial charge in [-0.3, -0.25) is 0 Å². The van der Waals surface area contributed by atoms with E-state index in [1.54, 1.807) is 0 Å². The van der Waals surface area contributed by atoms with E-state index in [-0.39, 0.29) is 0 Å². The molecule has 0 aliphatic carbocycles. The predicted octanol–water partition coefficient (Wildman–Crippen LogP) is 0.327. The van der Waals surface area contributed by atoms with Crippen LogP contribution in [-0.4, -0.2) is 129 Å². The summed E-state index contributed by atoms with van der Waals surface area (Å²) in [6.45, 7) is 4.23. The summed E-state index contributed by atoms with van der Waals surface area (Å²) in [6.07, 6.45) is 1.84. The van der Waals surface area contributed by atoms with E-state index < -0.39 is 74.6 Å². The molecule has 2 heterocycles. The third-order valence-electron chi connectivity index (χ3n) is 7.30. The van der Waals surface area contributed by atoms with Gasteiger partial charge in [-0.1, -0.05) is 78.1 Å². The van der Waals surface area contributed by atoms with Crippen LogP contribution in [0.25, 0.3) is 0 Å². The second kappa shape index (κ2) is 22.1. The molecule has 8 N–H and O–H groups in total. The van der Waals surface area contributed by atoms with Crippen molar-refractivity contribution in [1.29, 1.82) is 0 Å². The first-order valence-corrected chi connectivity index (χ1v) is 15.1. The van der Waals surface area contributed by atoms with Crippen LogP contribution in [0.4, 0.5) is 0 Å². The lowest BCUT2D eigenvalue weighted by Crippen LogP contribution is -2.59. The molecule has 0 unspecified atom stereocenters. The Bertz CT molecular complexity index is 550. The van der Waals surface area contributed by atoms with E-state index in [0.717, 1.165) is 38.5 Å². The Labute approximate surface area is 238 Å². The number of hydrogen-bond donors (Lipinski definition) is 8. The second-order valence-electron chi connectivity index (χ2n) is 10.7. The summed E-state index contributed by atoms with van der Waals surface area (Å²) in [5.41, 5.74) is 0. The Balaban J connectivity index is 0.000000400. The first kappa shape index (κ1) is 37.5. The maximum absolute atomic E-state index is 9.86. The number of unbranched alkanes of at least 4 members (excludes halogenated alkanes) is 10. The lowest BCUT2D eigenvalue weighted by atomic mass is 9.99. The molecule has 240 valence electrons. The van der Waals surface area contributed by atoms with Crippen molar-refractivity contribution in [2.45, 2.75) is 152 Å². The van der Waals surface area contributed by atoms with Gasteiger partial charge in [0.05, 0.1) is 13.2 Å². The molecule has 2 aliphatic heterocycles. The molecule has 0 aromatic heterocycles. The molecular formula is C28H56O12. The maximum atomic E-state index is 9.86. The fourth-order valence-corrected chi connectivity index (χ4v) is 4.71. The van der Waals surface area contributed by atoms with Crippen molar-refractivity contribution in [2.24, 2.45) is 0 Å². The molecule has 0 amide bonds. The van der Waals surface area contributed by atoms with Crippen LogP contribution in [0, 0.1) is 0 Å². The van der Waals surface area contributed by atoms with Crippen LogP contribution >= 0.6 is 0 Å². The van der Waals surface area contributed by atoms with E-state index in [1.807, 2.05) is 0 Å². The highest BCUT2D eigenvalue weighted by atomic mass is 16.7. The van der Waals surface area contributed by atoms with Gasteiger partial charge < -0.3 is 59.8 Å². The average molecular weight is 585 g/mol. The van der Waals surface area contributed by atoms with E-state index in [2.05, 4.69) is 13.8 Å². The fourth-order valence-electron chi connectivity index (χ4n) is 4.71. The maximum Gasteiger partial charge on any atom is 0.184 e. The number of hydrogen-bond acceptors (Lipinski definition) is 12. The van der Waals surface area contributed by atoms with Crippen LogP contribution in [0.2, 0.25) is 0 Å². The van der Waals surface area contributed by atoms with Gasteiger partial charge in [-0.2, -0.15) is 0 Å². The standard InChI is InChI=1S/2C14H28O6/c2*1-2-3-4-5-6-7-8-19-13-12(17)11(16)10(9-15)20-14(13)18/h2*10-18H,2-9H2,1H3/t10-,11-,12+,13-,14+;10-,11-,12+,13-,14-/m11/s1. The summed E-state index contributed by atoms with van der Waals surface area (Å²) in [6, 6.07) is 0. The molecule has 0 aromatic carbocycles. The fraction of sp³-hybridized carbons (Fsp3) is 1.00. The van der Waals surface area contributed by atoms with Gasteiger partial charge in [-0.15, -0.1) is 0 Å². The highest BCUT2D eigenvalue weighted by Crippen LogP contribution is 2.23. The normalized spacial score (nSPS) is 34.4. The summed E-state index contributed by atoms with van der Waals surface area (Å²) in [5.74, 6) is 0. The van der Waals surface area contributed by atoms with Gasteiger partial charge in [0.25, 0.3) is 0 Å². The first-order valence-electron chi connectivity index (χ1n) is 15.1. The molecule has 2 saturated heterocycles. The number of rotatable bonds is 18. The Morgan fingerprint density at radius 1 is 0.475 bits per heavy atom. The molecule has 0 radical (unpaired) electrons. The van der Waals surface area contributed by atoms with Gasteiger partial charge in [0.2, 0.25) is 0 Å². The summed E-state index contributed by atoms with van der Waals surface area (Å²) in [7, 11) is 0. The van der Waals surface area contributed by atoms with E-state index in [1.165, 1.54) is 38.5 Å². The van der Waals surface area contributed by atoms with Gasteiger partial charge in [0.15, 0.2) is 12.6 Å². The van der Waals surface area contributed by atoms with Gasteiger partial charge >= 0.3 is 0 Å². The zero-order valence-electron chi connectivity index (χ0n) is 24.3. The third-order valence-corrected chi connectivity index (χ3v) is 7.30. The Hall–Kier alpha value is -0.480. The predicted molar refractivity (Wildman–Crippen MR) is 146 cm³/mol. The lowest BCUT2D eigenvalue weighted by molar-refractivity contribution is -0.296. The third kappa shape index (κ3) is 13.2. The van der Waals surface area contributed by atoms with E-state index in [4.69, 9.17) is 29.2 Å². The van der Waals surface area contributed by atoms with Crippen molar-refractivity contribution in [3.05, 3.63) is 0 Å². The molecule has 2 rings (SSSR count). The van der Waals surface area contributed by atoms with Crippen molar-refractivity contribution in [1.82, 2.24) is 0 Å². The zero-order chi connectivity index (χ0) is 29.9. The molecule has 10 atom stereocenters. The molecule has 12 heteroatoms. The van der Waals surface area contributed by atoms with E-state index >= 15 is 0 Å². The summed E-state index contributed by atoms with van der Waals surface area (Å²) in [4.78, 5) is 0. The summed E-state index contributed by atoms with van der Waals surface area (Å²) >= 11 is 0. The van der Waals surface area contributed by atoms with Gasteiger partial charge in [0, 0.05) is 13.2 Å². The molecule has 0 saturated carbocycles. The van der Waals surface area contributed by atoms with E-state index in [0.29, 0.717) is 13.2 Å². The van der Waals surface area contributed by atoms with Crippen molar-refractivity contribution in [2.75, 3.05) is 26.4 Å². The number of ether oxygens (including phenoxy) is 4. The molecule has 12 nitrogen and oxygen atoms in total. The molecular weight excluding hydrogens is 528 g/mol. The largest absolute Gasteiger partial charge is 0.394 e. The summed E-state index contributed by atoms with van der Waals surface area (Å²) < 4.78 is 20.8. The van der Waals surface area contributed by atoms with Crippen LogP contribution < -0.4 is 0 Å². The minimum Gasteiger partial charge on any atom is -0.394 e. The van der Waals surface area contributed by atoms with Crippen molar-refractivity contribution >= 4 is 0 Å². The van der Waals surface area contributed by atoms with Gasteiger partial charge in [0.1, 0.15) is 48.8 Å². The highest BCUT2D eigenvalue weighted by molar-refractivity contribution is 4.90. The molecule has 0 bridgehead atoms. The average Bonchev–Trinajstić information content (AvgIpc) is 2.95. The van der Waals surface area contributed by atoms with E-state index in [9.17, 15) is 30.6 Å². The van der Waals surface area contributed by atoms with Crippen LogP contribution in [0.1, 0.15) is 90.9 Å². The number of aliphatic hydroxyl groups is 8. The Morgan fingerprint density at radius 3 is 1.12 bits per heavy atom. The monoisotopic (exact) mass is 584 g/mol. The molecule has 40 heavy (non-hydrogen) atoms. The first-order chi connectivity index (χ1) is 19.2. The number of aliphatic hydroxyl groups excluding tert-OH is 8. The van der Waals surface area contributed by atoms with Crippen LogP contribution in [-0.2, 0) is 18.9 Å². The van der Waals surface area contributed by atoms with Crippen LogP contribution in [0.3, 0.4) is 0 Å². The Kier molecular flexibility index (Phi) is 20.8. The molecule has 2 aliphatic rings. The van der Waals surface area contributed by atoms with Crippen LogP contribution in [0.5, 0.6) is 0 Å². The van der Waals surface area contributed by atoms with Crippen molar-refractivity contribution in [3.63, 3.8) is 0 Å². The topological polar surface area (TPSA) is 199 Å². The zero-order valence-corrected chi connectivity index (χ0v) is 24.3. The smallest absolute Gasteiger partial charge is 0.184 e. The lowest BCUT2D eigenvalue weighted by Gasteiger charge is -2.39. The molecule has 0 aromatic rings.